The molecule has 0 radical (unpaired) electrons. The summed E-state index contributed by atoms with van der Waals surface area (Å²) < 4.78 is 31.5. The van der Waals surface area contributed by atoms with Gasteiger partial charge in [-0.15, -0.1) is 0 Å². The first-order valence-electron chi connectivity index (χ1n) is 6.08. The van der Waals surface area contributed by atoms with E-state index in [9.17, 15) is 8.78 Å². The Bertz CT molecular complexity index is 552. The largest absolute Gasteiger partial charge is 0.457 e. The van der Waals surface area contributed by atoms with E-state index in [1.165, 1.54) is 0 Å². The second-order valence-electron chi connectivity index (χ2n) is 4.29. The molecule has 1 atom stereocenters. The average molecular weight is 263 g/mol. The summed E-state index contributed by atoms with van der Waals surface area (Å²) in [5, 5.41) is 0. The molecule has 0 saturated heterocycles. The van der Waals surface area contributed by atoms with Crippen molar-refractivity contribution >= 4 is 0 Å². The fraction of sp³-hybridized carbons (Fsp3) is 0.200. The second-order valence-corrected chi connectivity index (χ2v) is 4.29. The van der Waals surface area contributed by atoms with E-state index in [2.05, 4.69) is 0 Å². The summed E-state index contributed by atoms with van der Waals surface area (Å²) in [7, 11) is 0. The highest BCUT2D eigenvalue weighted by Gasteiger charge is 2.06. The molecule has 0 bridgehead atoms. The van der Waals surface area contributed by atoms with Crippen LogP contribution in [0, 0.1) is 11.6 Å². The molecule has 2 nitrogen and oxygen atoms in total. The summed E-state index contributed by atoms with van der Waals surface area (Å²) in [6, 6.07) is 10.2. The van der Waals surface area contributed by atoms with Crippen LogP contribution < -0.4 is 10.5 Å². The maximum absolute atomic E-state index is 13.1. The summed E-state index contributed by atoms with van der Waals surface area (Å²) in [5.74, 6) is -0.709. The van der Waals surface area contributed by atoms with Crippen LogP contribution in [0.5, 0.6) is 11.5 Å². The normalized spacial score (nSPS) is 12.2. The van der Waals surface area contributed by atoms with E-state index >= 15 is 0 Å². The van der Waals surface area contributed by atoms with Gasteiger partial charge in [-0.3, -0.25) is 0 Å². The summed E-state index contributed by atoms with van der Waals surface area (Å²) >= 11 is 0. The minimum absolute atomic E-state index is 0.0761. The van der Waals surface area contributed by atoms with Crippen LogP contribution in [-0.2, 0) is 0 Å². The minimum Gasteiger partial charge on any atom is -0.457 e. The standard InChI is InChI=1S/C15H15F2NO/c1-2-15(18)10-4-3-5-13(6-10)19-14-8-11(16)7-12(17)9-14/h3-9,15H,2,18H2,1H3. The zero-order valence-corrected chi connectivity index (χ0v) is 10.6. The molecule has 4 heteroatoms. The van der Waals surface area contributed by atoms with Crippen LogP contribution >= 0.6 is 0 Å². The van der Waals surface area contributed by atoms with E-state index in [4.69, 9.17) is 10.5 Å². The van der Waals surface area contributed by atoms with Crippen molar-refractivity contribution in [3.05, 3.63) is 59.7 Å². The molecule has 2 rings (SSSR count). The van der Waals surface area contributed by atoms with Crippen LogP contribution in [0.1, 0.15) is 24.9 Å². The summed E-state index contributed by atoms with van der Waals surface area (Å²) in [4.78, 5) is 0. The highest BCUT2D eigenvalue weighted by atomic mass is 19.1. The van der Waals surface area contributed by atoms with Crippen LogP contribution in [0.2, 0.25) is 0 Å². The van der Waals surface area contributed by atoms with E-state index in [1.807, 2.05) is 13.0 Å². The Morgan fingerprint density at radius 1 is 1.05 bits per heavy atom. The van der Waals surface area contributed by atoms with Gasteiger partial charge < -0.3 is 10.5 Å². The van der Waals surface area contributed by atoms with Crippen molar-refractivity contribution in [3.63, 3.8) is 0 Å². The van der Waals surface area contributed by atoms with Gasteiger partial charge in [0.1, 0.15) is 23.1 Å². The summed E-state index contributed by atoms with van der Waals surface area (Å²) in [6.07, 6.45) is 0.804. The number of benzene rings is 2. The molecule has 0 amide bonds. The van der Waals surface area contributed by atoms with Crippen LogP contribution in [0.3, 0.4) is 0 Å². The molecule has 0 aromatic heterocycles. The Morgan fingerprint density at radius 2 is 1.74 bits per heavy atom. The molecule has 2 aromatic rings. The highest BCUT2D eigenvalue weighted by molar-refractivity contribution is 5.35. The molecular formula is C15H15F2NO. The van der Waals surface area contributed by atoms with Gasteiger partial charge in [-0.1, -0.05) is 19.1 Å². The Balaban J connectivity index is 2.23. The number of halogens is 2. The van der Waals surface area contributed by atoms with Gasteiger partial charge in [-0.25, -0.2) is 8.78 Å². The maximum atomic E-state index is 13.1. The van der Waals surface area contributed by atoms with Gasteiger partial charge in [0.05, 0.1) is 0 Å². The lowest BCUT2D eigenvalue weighted by molar-refractivity contribution is 0.467. The monoisotopic (exact) mass is 263 g/mol. The molecule has 1 unspecified atom stereocenters. The Morgan fingerprint density at radius 3 is 2.37 bits per heavy atom. The molecule has 19 heavy (non-hydrogen) atoms. The SMILES string of the molecule is CCC(N)c1cccc(Oc2cc(F)cc(F)c2)c1. The molecule has 2 N–H and O–H groups in total. The average Bonchev–Trinajstić information content (AvgIpc) is 2.37. The summed E-state index contributed by atoms with van der Waals surface area (Å²) in [5.41, 5.74) is 6.86. The Hall–Kier alpha value is -1.94. The highest BCUT2D eigenvalue weighted by Crippen LogP contribution is 2.26. The van der Waals surface area contributed by atoms with Crippen molar-refractivity contribution in [2.45, 2.75) is 19.4 Å². The van der Waals surface area contributed by atoms with E-state index in [0.29, 0.717) is 5.75 Å². The number of nitrogens with two attached hydrogens (primary N) is 1. The quantitative estimate of drug-likeness (QED) is 0.898. The van der Waals surface area contributed by atoms with Crippen molar-refractivity contribution in [2.75, 3.05) is 0 Å². The predicted octanol–water partition coefficient (Wildman–Crippen LogP) is 4.17. The molecule has 0 spiro atoms. The van der Waals surface area contributed by atoms with Crippen LogP contribution in [0.15, 0.2) is 42.5 Å². The van der Waals surface area contributed by atoms with Crippen LogP contribution in [0.25, 0.3) is 0 Å². The predicted molar refractivity (Wildman–Crippen MR) is 70.1 cm³/mol. The lowest BCUT2D eigenvalue weighted by Gasteiger charge is -2.11. The zero-order chi connectivity index (χ0) is 13.8. The zero-order valence-electron chi connectivity index (χ0n) is 10.6. The first-order chi connectivity index (χ1) is 9.08. The van der Waals surface area contributed by atoms with Gasteiger partial charge in [-0.05, 0) is 24.1 Å². The van der Waals surface area contributed by atoms with E-state index in [1.54, 1.807) is 18.2 Å². The van der Waals surface area contributed by atoms with Gasteiger partial charge >= 0.3 is 0 Å². The fourth-order valence-electron chi connectivity index (χ4n) is 1.77. The molecule has 0 aliphatic carbocycles. The number of hydrogen-bond donors (Lipinski definition) is 1. The molecule has 0 aliphatic rings. The van der Waals surface area contributed by atoms with Crippen LogP contribution in [0.4, 0.5) is 8.78 Å². The van der Waals surface area contributed by atoms with Crippen molar-refractivity contribution in [1.29, 1.82) is 0 Å². The Labute approximate surface area is 110 Å². The lowest BCUT2D eigenvalue weighted by Crippen LogP contribution is -2.08. The van der Waals surface area contributed by atoms with Crippen molar-refractivity contribution < 1.29 is 13.5 Å². The van der Waals surface area contributed by atoms with Crippen LogP contribution in [-0.4, -0.2) is 0 Å². The third-order valence-corrected chi connectivity index (χ3v) is 2.80. The van der Waals surface area contributed by atoms with Crippen molar-refractivity contribution in [1.82, 2.24) is 0 Å². The number of hydrogen-bond acceptors (Lipinski definition) is 2. The smallest absolute Gasteiger partial charge is 0.133 e. The topological polar surface area (TPSA) is 35.2 Å². The second kappa shape index (κ2) is 5.80. The lowest BCUT2D eigenvalue weighted by atomic mass is 10.1. The number of rotatable bonds is 4. The minimum atomic E-state index is -0.670. The van der Waals surface area contributed by atoms with Gasteiger partial charge in [0, 0.05) is 24.2 Å². The molecular weight excluding hydrogens is 248 g/mol. The molecule has 0 fully saturated rings. The van der Waals surface area contributed by atoms with Gasteiger partial charge in [-0.2, -0.15) is 0 Å². The first kappa shape index (κ1) is 13.5. The van der Waals surface area contributed by atoms with Crippen molar-refractivity contribution in [2.24, 2.45) is 5.73 Å². The van der Waals surface area contributed by atoms with Gasteiger partial charge in [0.2, 0.25) is 0 Å². The van der Waals surface area contributed by atoms with Gasteiger partial charge in [0.25, 0.3) is 0 Å². The molecule has 0 heterocycles. The number of ether oxygens (including phenoxy) is 1. The molecule has 0 saturated carbocycles. The van der Waals surface area contributed by atoms with E-state index in [-0.39, 0.29) is 11.8 Å². The first-order valence-corrected chi connectivity index (χ1v) is 6.08. The van der Waals surface area contributed by atoms with Crippen molar-refractivity contribution in [3.8, 4) is 11.5 Å². The molecule has 2 aromatic carbocycles. The van der Waals surface area contributed by atoms with E-state index in [0.717, 1.165) is 30.2 Å². The summed E-state index contributed by atoms with van der Waals surface area (Å²) in [6.45, 7) is 1.99. The van der Waals surface area contributed by atoms with E-state index < -0.39 is 11.6 Å². The third kappa shape index (κ3) is 3.51. The molecule has 100 valence electrons. The molecule has 0 aliphatic heterocycles. The Kier molecular flexibility index (Phi) is 4.12. The third-order valence-electron chi connectivity index (χ3n) is 2.80. The fourth-order valence-corrected chi connectivity index (χ4v) is 1.77. The maximum Gasteiger partial charge on any atom is 0.133 e. The van der Waals surface area contributed by atoms with Gasteiger partial charge in [0.15, 0.2) is 0 Å².